The predicted molar refractivity (Wildman–Crippen MR) is 280 cm³/mol. The van der Waals surface area contributed by atoms with Crippen LogP contribution in [0.4, 0.5) is 0 Å². The average Bonchev–Trinajstić information content (AvgIpc) is 4.04. The Bertz CT molecular complexity index is 2060. The van der Waals surface area contributed by atoms with Gasteiger partial charge in [-0.3, -0.25) is 38.5 Å². The van der Waals surface area contributed by atoms with Crippen LogP contribution in [0.1, 0.15) is 99.0 Å². The Morgan fingerprint density at radius 3 is 2.12 bits per heavy atom. The molecule has 4 rings (SSSR count). The lowest BCUT2D eigenvalue weighted by Crippen LogP contribution is -2.60. The number of nitrogens with zero attached hydrogens (tertiary/aromatic N) is 4. The maximum Gasteiger partial charge on any atom is 0.305 e. The number of nitrogens with one attached hydrogen (secondary N) is 3. The number of carboxylic acids is 1. The molecular formula is C54H89N7O13. The van der Waals surface area contributed by atoms with E-state index in [9.17, 15) is 28.8 Å². The summed E-state index contributed by atoms with van der Waals surface area (Å²) < 4.78 is 28.7. The maximum atomic E-state index is 14.7. The van der Waals surface area contributed by atoms with Crippen molar-refractivity contribution in [2.45, 2.75) is 142 Å². The molecular weight excluding hydrogens is 955 g/mol. The van der Waals surface area contributed by atoms with E-state index < -0.39 is 54.3 Å². The summed E-state index contributed by atoms with van der Waals surface area (Å²) in [5.41, 5.74) is 1.82. The van der Waals surface area contributed by atoms with E-state index in [1.165, 1.54) is 12.2 Å². The largest absolute Gasteiger partial charge is 0.481 e. The van der Waals surface area contributed by atoms with Gasteiger partial charge in [-0.05, 0) is 62.1 Å². The lowest BCUT2D eigenvalue weighted by Gasteiger charge is -2.41. The van der Waals surface area contributed by atoms with Crippen molar-refractivity contribution in [1.29, 1.82) is 0 Å². The molecule has 2 fully saturated rings. The lowest BCUT2D eigenvalue weighted by molar-refractivity contribution is -0.199. The normalized spacial score (nSPS) is 18.5. The SMILES string of the molecule is CC[C@H](C)[C@@H]([C@@H](CC(=O)N1CCC[C@H]1[C@H](OC)[C@@H](C)C(=O)N[C@@H](Cc1c[nH]c2ccccc12)C(=O)N1CCCCO1)OC)N(C)C(=O)[C@@H](NC(=O)[C@H](C(C)C)N(C)CCOCCOCCOCCC(=O)O)C(C)C. The average molecular weight is 1040 g/mol. The quantitative estimate of drug-likeness (QED) is 0.0732. The van der Waals surface area contributed by atoms with Crippen LogP contribution in [-0.2, 0) is 63.7 Å². The molecule has 0 bridgehead atoms. The highest BCUT2D eigenvalue weighted by atomic mass is 16.7. The number of ether oxygens (including phenoxy) is 5. The summed E-state index contributed by atoms with van der Waals surface area (Å²) in [5.74, 6) is -3.58. The lowest BCUT2D eigenvalue weighted by atomic mass is 9.89. The van der Waals surface area contributed by atoms with Gasteiger partial charge in [-0.2, -0.15) is 0 Å². The summed E-state index contributed by atoms with van der Waals surface area (Å²) in [6, 6.07) is 4.50. The summed E-state index contributed by atoms with van der Waals surface area (Å²) in [6.07, 6.45) is 4.25. The molecule has 20 nitrogen and oxygen atoms in total. The van der Waals surface area contributed by atoms with Gasteiger partial charge < -0.3 is 54.2 Å². The van der Waals surface area contributed by atoms with Crippen LogP contribution in [-0.4, -0.2) is 202 Å². The molecule has 0 spiro atoms. The minimum absolute atomic E-state index is 0.0379. The number of hydrogen-bond acceptors (Lipinski definition) is 13. The molecule has 2 aliphatic rings. The number of amides is 5. The number of fused-ring (bicyclic) bond motifs is 1. The van der Waals surface area contributed by atoms with Crippen molar-refractivity contribution in [3.8, 4) is 0 Å². The van der Waals surface area contributed by atoms with Crippen LogP contribution in [0.3, 0.4) is 0 Å². The number of methoxy groups -OCH3 is 2. The van der Waals surface area contributed by atoms with Gasteiger partial charge in [0.05, 0.1) is 95.3 Å². The molecule has 0 radical (unpaired) electrons. The molecule has 5 amide bonds. The number of carboxylic acid groups (broad SMARTS) is 1. The van der Waals surface area contributed by atoms with E-state index >= 15 is 0 Å². The molecule has 74 heavy (non-hydrogen) atoms. The van der Waals surface area contributed by atoms with Gasteiger partial charge in [0.1, 0.15) is 12.1 Å². The van der Waals surface area contributed by atoms with E-state index in [1.807, 2.05) is 84.0 Å². The van der Waals surface area contributed by atoms with Crippen molar-refractivity contribution in [3.63, 3.8) is 0 Å². The van der Waals surface area contributed by atoms with Gasteiger partial charge in [0, 0.05) is 64.4 Å². The van der Waals surface area contributed by atoms with Crippen LogP contribution in [0, 0.1) is 23.7 Å². The number of benzene rings is 1. The predicted octanol–water partition coefficient (Wildman–Crippen LogP) is 4.29. The first-order valence-corrected chi connectivity index (χ1v) is 26.7. The van der Waals surface area contributed by atoms with Crippen molar-refractivity contribution in [2.75, 3.05) is 94.2 Å². The molecule has 20 heteroatoms. The summed E-state index contributed by atoms with van der Waals surface area (Å²) in [7, 11) is 6.65. The summed E-state index contributed by atoms with van der Waals surface area (Å²) >= 11 is 0. The second-order valence-corrected chi connectivity index (χ2v) is 20.6. The first kappa shape index (κ1) is 61.8. The van der Waals surface area contributed by atoms with E-state index in [2.05, 4.69) is 15.6 Å². The van der Waals surface area contributed by atoms with Gasteiger partial charge in [0.15, 0.2) is 0 Å². The highest BCUT2D eigenvalue weighted by Gasteiger charge is 2.44. The van der Waals surface area contributed by atoms with Crippen molar-refractivity contribution < 1.29 is 62.4 Å². The number of likely N-dealkylation sites (N-methyl/N-ethyl adjacent to an activating group) is 2. The molecule has 3 heterocycles. The first-order valence-electron chi connectivity index (χ1n) is 26.7. The van der Waals surface area contributed by atoms with E-state index in [4.69, 9.17) is 33.6 Å². The third-order valence-corrected chi connectivity index (χ3v) is 14.6. The van der Waals surface area contributed by atoms with E-state index in [-0.39, 0.29) is 73.2 Å². The molecule has 2 saturated heterocycles. The fourth-order valence-corrected chi connectivity index (χ4v) is 10.3. The number of carbonyl (C=O) groups is 6. The van der Waals surface area contributed by atoms with Gasteiger partial charge in [0.25, 0.3) is 5.91 Å². The Morgan fingerprint density at radius 2 is 1.51 bits per heavy atom. The minimum Gasteiger partial charge on any atom is -0.481 e. The Labute approximate surface area is 439 Å². The summed E-state index contributed by atoms with van der Waals surface area (Å²) in [5, 5.41) is 17.2. The number of likely N-dealkylation sites (tertiary alicyclic amines) is 1. The van der Waals surface area contributed by atoms with Gasteiger partial charge >= 0.3 is 5.97 Å². The van der Waals surface area contributed by atoms with Crippen molar-refractivity contribution in [1.82, 2.24) is 35.4 Å². The molecule has 1 aromatic heterocycles. The molecule has 4 N–H and O–H groups in total. The molecule has 1 aromatic carbocycles. The second kappa shape index (κ2) is 31.4. The van der Waals surface area contributed by atoms with Gasteiger partial charge in [0.2, 0.25) is 23.6 Å². The van der Waals surface area contributed by atoms with Crippen molar-refractivity contribution in [2.24, 2.45) is 23.7 Å². The number of hydrogen-bond donors (Lipinski definition) is 4. The third kappa shape index (κ3) is 17.7. The fourth-order valence-electron chi connectivity index (χ4n) is 10.3. The van der Waals surface area contributed by atoms with Crippen LogP contribution >= 0.6 is 0 Å². The Hall–Kier alpha value is -4.70. The number of carbonyl (C=O) groups excluding carboxylic acids is 5. The van der Waals surface area contributed by atoms with E-state index in [1.54, 1.807) is 30.9 Å². The van der Waals surface area contributed by atoms with Gasteiger partial charge in [-0.15, -0.1) is 0 Å². The zero-order valence-electron chi connectivity index (χ0n) is 46.1. The summed E-state index contributed by atoms with van der Waals surface area (Å²) in [4.78, 5) is 96.7. The third-order valence-electron chi connectivity index (χ3n) is 14.6. The molecule has 0 saturated carbocycles. The monoisotopic (exact) mass is 1040 g/mol. The van der Waals surface area contributed by atoms with Gasteiger partial charge in [-0.1, -0.05) is 73.1 Å². The van der Waals surface area contributed by atoms with E-state index in [0.717, 1.165) is 29.3 Å². The second-order valence-electron chi connectivity index (χ2n) is 20.6. The highest BCUT2D eigenvalue weighted by molar-refractivity contribution is 5.91. The van der Waals surface area contributed by atoms with Crippen LogP contribution in [0.5, 0.6) is 0 Å². The van der Waals surface area contributed by atoms with Gasteiger partial charge in [-0.25, -0.2) is 5.06 Å². The van der Waals surface area contributed by atoms with Crippen LogP contribution in [0.25, 0.3) is 10.9 Å². The zero-order chi connectivity index (χ0) is 54.5. The molecule has 0 unspecified atom stereocenters. The Balaban J connectivity index is 1.41. The summed E-state index contributed by atoms with van der Waals surface area (Å²) in [6.45, 7) is 17.0. The highest BCUT2D eigenvalue weighted by Crippen LogP contribution is 2.30. The number of rotatable bonds is 33. The number of aromatic nitrogens is 1. The number of para-hydroxylation sites is 1. The molecule has 0 aliphatic carbocycles. The first-order chi connectivity index (χ1) is 35.4. The van der Waals surface area contributed by atoms with Crippen LogP contribution in [0.2, 0.25) is 0 Å². The number of H-pyrrole nitrogens is 1. The molecule has 9 atom stereocenters. The molecule has 2 aromatic rings. The Morgan fingerprint density at radius 1 is 0.838 bits per heavy atom. The topological polar surface area (TPSA) is 231 Å². The van der Waals surface area contributed by atoms with Crippen molar-refractivity contribution >= 4 is 46.4 Å². The van der Waals surface area contributed by atoms with Crippen LogP contribution < -0.4 is 10.6 Å². The Kier molecular flexibility index (Phi) is 26.2. The fraction of sp³-hybridized carbons (Fsp3) is 0.741. The number of aliphatic carboxylic acids is 1. The van der Waals surface area contributed by atoms with Crippen LogP contribution in [0.15, 0.2) is 30.5 Å². The standard InChI is InChI=1S/C54H89N7O13/c1-12-37(6)49(59(9)54(68)47(35(2)3)57-52(66)48(36(4)5)58(8)24-27-72-29-31-73-30-28-71-26-21-46(63)64)44(69-10)33-45(62)60-22-17-20-43(60)50(70-11)38(7)51(65)56-42(53(67)61-23-15-16-25-74-61)32-39-34-55-41-19-14-13-18-40(39)41/h13-14,18-19,34-38,42-44,47-50,55H,12,15-17,20-33H2,1-11H3,(H,56,65)(H,57,66)(H,63,64)/t37-,38+,42-,43-,44+,47-,48-,49-,50+/m0/s1. The van der Waals surface area contributed by atoms with Crippen molar-refractivity contribution in [3.05, 3.63) is 36.0 Å². The zero-order valence-corrected chi connectivity index (χ0v) is 46.1. The van der Waals surface area contributed by atoms with E-state index in [0.29, 0.717) is 78.5 Å². The molecule has 418 valence electrons. The maximum absolute atomic E-state index is 14.7. The smallest absolute Gasteiger partial charge is 0.305 e. The minimum atomic E-state index is -0.914. The number of hydroxylamine groups is 2. The molecule has 2 aliphatic heterocycles. The number of aromatic amines is 1.